The van der Waals surface area contributed by atoms with Crippen molar-refractivity contribution in [1.29, 1.82) is 0 Å². The predicted molar refractivity (Wildman–Crippen MR) is 7.36 cm³/mol. The van der Waals surface area contributed by atoms with Crippen molar-refractivity contribution < 1.29 is 52.7 Å². The van der Waals surface area contributed by atoms with Crippen LogP contribution in [0.3, 0.4) is 0 Å². The van der Waals surface area contributed by atoms with E-state index >= 15 is 0 Å². The van der Waals surface area contributed by atoms with Crippen LogP contribution in [0.5, 0.6) is 0 Å². The van der Waals surface area contributed by atoms with Crippen molar-refractivity contribution in [1.82, 2.24) is 6.15 Å². The van der Waals surface area contributed by atoms with E-state index in [1.54, 1.807) is 0 Å². The molecule has 0 atom stereocenters. The van der Waals surface area contributed by atoms with Gasteiger partial charge in [0, 0.05) is 0 Å². The van der Waals surface area contributed by atoms with E-state index in [2.05, 4.69) is 0 Å². The maximum atomic E-state index is 0. The average Bonchev–Trinajstić information content (AvgIpc) is 0. The molecule has 0 saturated carbocycles. The van der Waals surface area contributed by atoms with Crippen LogP contribution in [-0.2, 0) is 11.0 Å². The van der Waals surface area contributed by atoms with E-state index in [9.17, 15) is 0 Å². The third-order valence-corrected chi connectivity index (χ3v) is 0. The summed E-state index contributed by atoms with van der Waals surface area (Å²) in [6.45, 7) is 0. The van der Waals surface area contributed by atoms with E-state index in [1.807, 2.05) is 0 Å². The zero-order valence-corrected chi connectivity index (χ0v) is 5.46. The Morgan fingerprint density at radius 1 is 0.750 bits per heavy atom. The van der Waals surface area contributed by atoms with Crippen LogP contribution in [0, 0.1) is 41.7 Å². The molecule has 0 aromatic rings. The van der Waals surface area contributed by atoms with Gasteiger partial charge in [-0.1, -0.05) is 0 Å². The largest absolute Gasteiger partial charge is 3.00 e. The Labute approximate surface area is 58.3 Å². The first-order valence-electron chi connectivity index (χ1n) is 0. The minimum Gasteiger partial charge on any atom is -2.00 e. The summed E-state index contributed by atoms with van der Waals surface area (Å²) in [5.74, 6) is 0. The zero-order valence-electron chi connectivity index (χ0n) is 2.32. The minimum atomic E-state index is 0. The van der Waals surface area contributed by atoms with Crippen LogP contribution in [0.1, 0.15) is 0 Å². The zero-order chi connectivity index (χ0) is 0. The van der Waals surface area contributed by atoms with Gasteiger partial charge in [0.2, 0.25) is 0 Å². The molecule has 0 heterocycles. The summed E-state index contributed by atoms with van der Waals surface area (Å²) >= 11 is 0. The summed E-state index contributed by atoms with van der Waals surface area (Å²) in [5.41, 5.74) is 0. The first-order valence-corrected chi connectivity index (χ1v) is 0. The van der Waals surface area contributed by atoms with Crippen LogP contribution in [0.4, 0.5) is 0 Å². The van der Waals surface area contributed by atoms with E-state index in [1.165, 1.54) is 0 Å². The van der Waals surface area contributed by atoms with Gasteiger partial charge in [0.05, 0.1) is 0 Å². The Bertz CT molecular complexity index is 6.00. The van der Waals surface area contributed by atoms with Gasteiger partial charge in [-0.3, -0.25) is 0 Å². The van der Waals surface area contributed by atoms with E-state index in [4.69, 9.17) is 0 Å². The second-order valence-corrected chi connectivity index (χ2v) is 0. The molecule has 0 bridgehead atoms. The molecule has 1 radical (unpaired) electrons. The first-order chi connectivity index (χ1) is 0. The van der Waals surface area contributed by atoms with Crippen molar-refractivity contribution in [2.45, 2.75) is 0 Å². The molecule has 4 N–H and O–H groups in total. The van der Waals surface area contributed by atoms with Crippen LogP contribution in [0.15, 0.2) is 0 Å². The van der Waals surface area contributed by atoms with E-state index in [0.717, 1.165) is 0 Å². The van der Waals surface area contributed by atoms with Crippen LogP contribution in [0.25, 0.3) is 0 Å². The average molecular weight is 190 g/mol. The molecule has 0 aliphatic carbocycles. The van der Waals surface area contributed by atoms with Gasteiger partial charge in [-0.2, -0.15) is 0 Å². The van der Waals surface area contributed by atoms with Gasteiger partial charge in [0.25, 0.3) is 0 Å². The predicted octanol–water partition coefficient (Wildman–Crippen LogP) is 0.139. The van der Waals surface area contributed by atoms with Gasteiger partial charge in [-0.05, 0) is 0 Å². The molecular formula is H4CeNO2. The maximum Gasteiger partial charge on any atom is 3.00 e. The van der Waals surface area contributed by atoms with Crippen LogP contribution >= 0.6 is 0 Å². The van der Waals surface area contributed by atoms with Gasteiger partial charge in [0.1, 0.15) is 0 Å². The van der Waals surface area contributed by atoms with Crippen molar-refractivity contribution in [3.8, 4) is 0 Å². The number of hydrogen-bond donors (Lipinski definition) is 1. The summed E-state index contributed by atoms with van der Waals surface area (Å²) in [4.78, 5) is 0. The third kappa shape index (κ3) is 10.5. The standard InChI is InChI=1S/Ce.H3N.2O/h;1H3;;/q+3;;2*-2/p+1. The van der Waals surface area contributed by atoms with Crippen LogP contribution < -0.4 is 6.15 Å². The van der Waals surface area contributed by atoms with E-state index in [-0.39, 0.29) is 58.9 Å². The molecular weight excluding hydrogens is 186 g/mol. The van der Waals surface area contributed by atoms with Crippen molar-refractivity contribution in [3.63, 3.8) is 0 Å². The molecule has 3 nitrogen and oxygen atoms in total. The molecule has 0 aliphatic heterocycles. The third-order valence-electron chi connectivity index (χ3n) is 0. The number of quaternary nitrogens is 1. The van der Waals surface area contributed by atoms with Crippen molar-refractivity contribution in [2.24, 2.45) is 0 Å². The summed E-state index contributed by atoms with van der Waals surface area (Å²) < 4.78 is 0. The van der Waals surface area contributed by atoms with Crippen molar-refractivity contribution in [2.75, 3.05) is 0 Å². The Balaban J connectivity index is 0. The van der Waals surface area contributed by atoms with Gasteiger partial charge in [0.15, 0.2) is 0 Å². The molecule has 0 spiro atoms. The van der Waals surface area contributed by atoms with Gasteiger partial charge in [-0.25, -0.2) is 0 Å². The summed E-state index contributed by atoms with van der Waals surface area (Å²) in [6, 6.07) is 0. The Kier molecular flexibility index (Phi) is 431. The summed E-state index contributed by atoms with van der Waals surface area (Å²) in [5, 5.41) is 0. The molecule has 0 unspecified atom stereocenters. The molecule has 0 rings (SSSR count). The molecule has 0 amide bonds. The molecule has 4 heteroatoms. The quantitative estimate of drug-likeness (QED) is 0.562. The van der Waals surface area contributed by atoms with E-state index < -0.39 is 0 Å². The Hall–Kier alpha value is 1.26. The second kappa shape index (κ2) is 28.6. The topological polar surface area (TPSA) is 93.5 Å². The monoisotopic (exact) mass is 190 g/mol. The van der Waals surface area contributed by atoms with Gasteiger partial charge in [-0.15, -0.1) is 0 Å². The van der Waals surface area contributed by atoms with Crippen molar-refractivity contribution in [3.05, 3.63) is 0 Å². The van der Waals surface area contributed by atoms with Crippen LogP contribution in [-0.4, -0.2) is 0 Å². The number of rotatable bonds is 0. The van der Waals surface area contributed by atoms with Gasteiger partial charge < -0.3 is 17.1 Å². The van der Waals surface area contributed by atoms with Crippen molar-refractivity contribution >= 4 is 0 Å². The molecule has 4 heavy (non-hydrogen) atoms. The van der Waals surface area contributed by atoms with E-state index in [0.29, 0.717) is 0 Å². The first kappa shape index (κ1) is 60.3. The maximum absolute atomic E-state index is 0. The minimum absolute atomic E-state index is 0. The molecule has 0 aliphatic rings. The number of hydrogen-bond acceptors (Lipinski definition) is 0. The SMILES string of the molecule is [Ce+3].[NH4+].[O-2].[O-2]. The fourth-order valence-electron chi connectivity index (χ4n) is 0. The molecule has 25 valence electrons. The summed E-state index contributed by atoms with van der Waals surface area (Å²) in [7, 11) is 0. The molecule has 0 saturated heterocycles. The normalized spacial score (nSPS) is 0. The second-order valence-electron chi connectivity index (χ2n) is 0. The fraction of sp³-hybridized carbons (Fsp3) is 0. The van der Waals surface area contributed by atoms with Crippen LogP contribution in [0.2, 0.25) is 0 Å². The molecule has 0 aromatic heterocycles. The van der Waals surface area contributed by atoms with Gasteiger partial charge >= 0.3 is 41.7 Å². The molecule has 0 aromatic carbocycles. The fourth-order valence-corrected chi connectivity index (χ4v) is 0. The molecule has 0 fully saturated rings. The smallest absolute Gasteiger partial charge is 2.00 e. The Morgan fingerprint density at radius 2 is 0.750 bits per heavy atom. The summed E-state index contributed by atoms with van der Waals surface area (Å²) in [6.07, 6.45) is 0. The Morgan fingerprint density at radius 3 is 0.750 bits per heavy atom.